The first-order chi connectivity index (χ1) is 14.8. The van der Waals surface area contributed by atoms with Gasteiger partial charge >= 0.3 is 10.2 Å². The van der Waals surface area contributed by atoms with Gasteiger partial charge in [-0.05, 0) is 30.2 Å². The summed E-state index contributed by atoms with van der Waals surface area (Å²) in [7, 11) is -0.959. The molecule has 162 valence electrons. The van der Waals surface area contributed by atoms with Crippen molar-refractivity contribution in [2.24, 2.45) is 0 Å². The molecule has 0 unspecified atom stereocenters. The molecule has 0 heterocycles. The van der Waals surface area contributed by atoms with Gasteiger partial charge in [-0.25, -0.2) is 4.31 Å². The van der Waals surface area contributed by atoms with E-state index in [1.54, 1.807) is 30.3 Å². The molecule has 0 saturated heterocycles. The number of carbonyl (C=O) groups is 1. The smallest absolute Gasteiger partial charge is 0.304 e. The number of amides is 1. The Labute approximate surface area is 184 Å². The third kappa shape index (κ3) is 5.51. The Morgan fingerprint density at radius 3 is 1.90 bits per heavy atom. The van der Waals surface area contributed by atoms with Gasteiger partial charge in [0, 0.05) is 14.1 Å². The van der Waals surface area contributed by atoms with Gasteiger partial charge in [-0.2, -0.15) is 12.7 Å². The molecule has 1 amide bonds. The molecule has 31 heavy (non-hydrogen) atoms. The van der Waals surface area contributed by atoms with Crippen molar-refractivity contribution >= 4 is 21.8 Å². The van der Waals surface area contributed by atoms with Crippen LogP contribution in [0, 0.1) is 6.92 Å². The number of anilines is 1. The Hall–Kier alpha value is -3.16. The summed E-state index contributed by atoms with van der Waals surface area (Å²) < 4.78 is 28.0. The van der Waals surface area contributed by atoms with Crippen molar-refractivity contribution in [2.75, 3.05) is 24.9 Å². The van der Waals surface area contributed by atoms with Crippen LogP contribution >= 0.6 is 0 Å². The van der Waals surface area contributed by atoms with Crippen molar-refractivity contribution in [2.45, 2.75) is 13.0 Å². The van der Waals surface area contributed by atoms with Crippen LogP contribution in [0.2, 0.25) is 0 Å². The maximum Gasteiger partial charge on any atom is 0.304 e. The molecule has 0 fully saturated rings. The number of hydrogen-bond donors (Lipinski definition) is 1. The van der Waals surface area contributed by atoms with Crippen LogP contribution in [0.15, 0.2) is 84.9 Å². The number of carbonyl (C=O) groups excluding carboxylic acids is 1. The average Bonchev–Trinajstić information content (AvgIpc) is 2.77. The van der Waals surface area contributed by atoms with Gasteiger partial charge in [0.05, 0.1) is 11.7 Å². The lowest BCUT2D eigenvalue weighted by molar-refractivity contribution is -0.120. The minimum absolute atomic E-state index is 0.334. The molecule has 0 aliphatic heterocycles. The molecule has 1 atom stereocenters. The molecule has 0 spiro atoms. The molecule has 3 aromatic carbocycles. The second kappa shape index (κ2) is 9.76. The van der Waals surface area contributed by atoms with Gasteiger partial charge in [0.2, 0.25) is 5.91 Å². The maximum atomic E-state index is 13.1. The van der Waals surface area contributed by atoms with Crippen molar-refractivity contribution in [3.05, 3.63) is 102 Å². The summed E-state index contributed by atoms with van der Waals surface area (Å²) in [5.74, 6) is -0.399. The molecular formula is C24H27N3O3S. The summed E-state index contributed by atoms with van der Waals surface area (Å²) in [6, 6.07) is 25.8. The van der Waals surface area contributed by atoms with E-state index in [0.29, 0.717) is 5.69 Å². The van der Waals surface area contributed by atoms with Gasteiger partial charge in [-0.15, -0.1) is 0 Å². The number of nitrogens with one attached hydrogen (secondary N) is 1. The Balaban J connectivity index is 1.90. The summed E-state index contributed by atoms with van der Waals surface area (Å²) in [4.78, 5) is 13.1. The molecule has 0 aliphatic rings. The molecule has 3 aromatic rings. The van der Waals surface area contributed by atoms with Crippen LogP contribution in [0.25, 0.3) is 0 Å². The quantitative estimate of drug-likeness (QED) is 0.586. The molecule has 0 saturated carbocycles. The highest BCUT2D eigenvalue weighted by Crippen LogP contribution is 2.23. The zero-order chi connectivity index (χ0) is 22.4. The first-order valence-corrected chi connectivity index (χ1v) is 11.3. The summed E-state index contributed by atoms with van der Waals surface area (Å²) in [6.07, 6.45) is 0. The van der Waals surface area contributed by atoms with E-state index in [9.17, 15) is 13.2 Å². The van der Waals surface area contributed by atoms with Crippen molar-refractivity contribution in [3.63, 3.8) is 0 Å². The highest BCUT2D eigenvalue weighted by molar-refractivity contribution is 7.90. The van der Waals surface area contributed by atoms with Crippen LogP contribution in [0.1, 0.15) is 22.7 Å². The second-order valence-electron chi connectivity index (χ2n) is 7.45. The second-order valence-corrected chi connectivity index (χ2v) is 9.52. The van der Waals surface area contributed by atoms with Gasteiger partial charge in [-0.3, -0.25) is 4.79 Å². The normalized spacial score (nSPS) is 12.4. The fraction of sp³-hybridized carbons (Fsp3) is 0.208. The largest absolute Gasteiger partial charge is 0.344 e. The van der Waals surface area contributed by atoms with Crippen molar-refractivity contribution in [3.8, 4) is 0 Å². The van der Waals surface area contributed by atoms with Crippen LogP contribution < -0.4 is 9.62 Å². The minimum Gasteiger partial charge on any atom is -0.344 e. The first kappa shape index (κ1) is 22.5. The Bertz CT molecular complexity index is 1100. The molecule has 3 rings (SSSR count). The molecule has 0 radical (unpaired) electrons. The van der Waals surface area contributed by atoms with Gasteiger partial charge < -0.3 is 5.32 Å². The zero-order valence-corrected chi connectivity index (χ0v) is 18.7. The Morgan fingerprint density at radius 1 is 0.839 bits per heavy atom. The lowest BCUT2D eigenvalue weighted by atomic mass is 9.98. The molecule has 0 aliphatic carbocycles. The van der Waals surface area contributed by atoms with Crippen molar-refractivity contribution < 1.29 is 13.2 Å². The molecular weight excluding hydrogens is 410 g/mol. The molecule has 6 nitrogen and oxygen atoms in total. The standard InChI is InChI=1S/C24H27N3O3S/c1-19-14-16-21(17-15-19)24(20-10-6-4-7-11-20)25-23(28)18-27(31(29,30)26(2)3)22-12-8-5-9-13-22/h4-17,24H,18H2,1-3H3,(H,25,28)/t24-/m0/s1. The number of aryl methyl sites for hydroxylation is 1. The highest BCUT2D eigenvalue weighted by Gasteiger charge is 2.28. The monoisotopic (exact) mass is 437 g/mol. The van der Waals surface area contributed by atoms with E-state index in [-0.39, 0.29) is 6.54 Å². The molecule has 0 bridgehead atoms. The molecule has 0 aromatic heterocycles. The van der Waals surface area contributed by atoms with Gasteiger partial charge in [0.15, 0.2) is 0 Å². The Morgan fingerprint density at radius 2 is 1.35 bits per heavy atom. The number of rotatable bonds is 8. The fourth-order valence-corrected chi connectivity index (χ4v) is 4.26. The van der Waals surface area contributed by atoms with E-state index in [4.69, 9.17) is 0 Å². The number of para-hydroxylation sites is 1. The van der Waals surface area contributed by atoms with Crippen LogP contribution in [0.4, 0.5) is 5.69 Å². The fourth-order valence-electron chi connectivity index (χ4n) is 3.20. The first-order valence-electron chi connectivity index (χ1n) is 9.95. The van der Waals surface area contributed by atoms with E-state index >= 15 is 0 Å². The molecule has 7 heteroatoms. The molecule has 1 N–H and O–H groups in total. The van der Waals surface area contributed by atoms with Gasteiger partial charge in [0.1, 0.15) is 6.54 Å². The van der Waals surface area contributed by atoms with Gasteiger partial charge in [0.25, 0.3) is 0 Å². The van der Waals surface area contributed by atoms with Crippen LogP contribution in [-0.4, -0.2) is 39.3 Å². The summed E-state index contributed by atoms with van der Waals surface area (Å²) in [6.45, 7) is 1.67. The van der Waals surface area contributed by atoms with Crippen LogP contribution in [0.5, 0.6) is 0 Å². The third-order valence-electron chi connectivity index (χ3n) is 4.92. The van der Waals surface area contributed by atoms with E-state index in [1.165, 1.54) is 14.1 Å². The van der Waals surface area contributed by atoms with E-state index < -0.39 is 22.2 Å². The topological polar surface area (TPSA) is 69.7 Å². The highest BCUT2D eigenvalue weighted by atomic mass is 32.2. The van der Waals surface area contributed by atoms with Gasteiger partial charge in [-0.1, -0.05) is 78.4 Å². The van der Waals surface area contributed by atoms with E-state index in [2.05, 4.69) is 5.32 Å². The summed E-state index contributed by atoms with van der Waals surface area (Å²) in [5.41, 5.74) is 3.39. The number of hydrogen-bond acceptors (Lipinski definition) is 3. The SMILES string of the molecule is Cc1ccc([C@@H](NC(=O)CN(c2ccccc2)S(=O)(=O)N(C)C)c2ccccc2)cc1. The number of nitrogens with zero attached hydrogens (tertiary/aromatic N) is 2. The average molecular weight is 438 g/mol. The predicted octanol–water partition coefficient (Wildman–Crippen LogP) is 3.51. The van der Waals surface area contributed by atoms with Crippen LogP contribution in [-0.2, 0) is 15.0 Å². The summed E-state index contributed by atoms with van der Waals surface area (Å²) in [5, 5.41) is 3.02. The summed E-state index contributed by atoms with van der Waals surface area (Å²) >= 11 is 0. The van der Waals surface area contributed by atoms with E-state index in [1.807, 2.05) is 61.5 Å². The maximum absolute atomic E-state index is 13.1. The predicted molar refractivity (Wildman–Crippen MR) is 124 cm³/mol. The third-order valence-corrected chi connectivity index (χ3v) is 6.74. The van der Waals surface area contributed by atoms with Crippen LogP contribution in [0.3, 0.4) is 0 Å². The Kier molecular flexibility index (Phi) is 7.09. The lowest BCUT2D eigenvalue weighted by Crippen LogP contribution is -2.46. The zero-order valence-electron chi connectivity index (χ0n) is 17.9. The number of benzene rings is 3. The van der Waals surface area contributed by atoms with Crippen molar-refractivity contribution in [1.82, 2.24) is 9.62 Å². The lowest BCUT2D eigenvalue weighted by Gasteiger charge is -2.28. The van der Waals surface area contributed by atoms with E-state index in [0.717, 1.165) is 25.3 Å². The van der Waals surface area contributed by atoms with Crippen molar-refractivity contribution in [1.29, 1.82) is 0 Å². The minimum atomic E-state index is -3.85.